The number of benzene rings is 3. The molecule has 0 spiro atoms. The first-order valence-corrected chi connectivity index (χ1v) is 17.3. The number of aromatic amines is 3. The molecule has 218 valence electrons. The van der Waals surface area contributed by atoms with Gasteiger partial charge in [0.1, 0.15) is 34.6 Å². The van der Waals surface area contributed by atoms with Crippen LogP contribution in [-0.2, 0) is 4.57 Å². The zero-order chi connectivity index (χ0) is 30.7. The molecule has 3 N–H and O–H groups in total. The Balaban J connectivity index is 1.33. The highest BCUT2D eigenvalue weighted by Crippen LogP contribution is 2.73. The van der Waals surface area contributed by atoms with Crippen molar-refractivity contribution in [1.82, 2.24) is 15.0 Å². The smallest absolute Gasteiger partial charge is 0.168 e. The number of rotatable bonds is 3. The second-order valence-electron chi connectivity index (χ2n) is 12.0. The van der Waals surface area contributed by atoms with Crippen molar-refractivity contribution < 1.29 is 4.57 Å². The van der Waals surface area contributed by atoms with E-state index in [9.17, 15) is 0 Å². The van der Waals surface area contributed by atoms with E-state index < -0.39 is 7.14 Å². The maximum absolute atomic E-state index is 15.7. The van der Waals surface area contributed by atoms with Crippen LogP contribution in [0.4, 0.5) is 0 Å². The van der Waals surface area contributed by atoms with Gasteiger partial charge >= 0.3 is 0 Å². The van der Waals surface area contributed by atoms with Crippen LogP contribution < -0.4 is 5.30 Å². The standard InChI is InChI=1S/C41H30N3OP/c45-46(31-15-8-3-9-16-31)38-25-29-19-21-34(42-29)40(27-11-4-1-5-12-27)36-23-24-37(44-36)41(28-13-6-2-7-14-28)35-22-20-30(43-35)26-39(46)33-18-10-17-32(33)38/h1-26,32,42-44H/q+2/t32?,46-/m1/s1. The summed E-state index contributed by atoms with van der Waals surface area (Å²) in [5, 5.41) is 2.66. The highest BCUT2D eigenvalue weighted by molar-refractivity contribution is 7.80. The van der Waals surface area contributed by atoms with E-state index in [4.69, 9.17) is 0 Å². The fourth-order valence-corrected chi connectivity index (χ4v) is 10.5. The van der Waals surface area contributed by atoms with Crippen molar-refractivity contribution in [3.63, 3.8) is 0 Å². The predicted molar refractivity (Wildman–Crippen MR) is 187 cm³/mol. The molecule has 1 aliphatic carbocycles. The van der Waals surface area contributed by atoms with Crippen molar-refractivity contribution in [2.24, 2.45) is 5.92 Å². The molecule has 9 rings (SSSR count). The Morgan fingerprint density at radius 3 is 1.63 bits per heavy atom. The fourth-order valence-electron chi connectivity index (χ4n) is 7.18. The molecule has 2 aliphatic heterocycles. The van der Waals surface area contributed by atoms with Gasteiger partial charge in [0.05, 0.1) is 23.3 Å². The molecular weight excluding hydrogens is 581 g/mol. The number of aromatic nitrogens is 3. The van der Waals surface area contributed by atoms with Gasteiger partial charge in [0.2, 0.25) is 0 Å². The van der Waals surface area contributed by atoms with E-state index in [2.05, 4.69) is 130 Å². The van der Waals surface area contributed by atoms with Gasteiger partial charge < -0.3 is 19.5 Å². The Labute approximate surface area is 268 Å². The molecule has 8 bridgehead atoms. The van der Waals surface area contributed by atoms with Crippen molar-refractivity contribution >= 4 is 24.6 Å². The molecule has 4 nitrogen and oxygen atoms in total. The lowest BCUT2D eigenvalue weighted by molar-refractivity contribution is 0.590. The van der Waals surface area contributed by atoms with Crippen molar-refractivity contribution in [3.05, 3.63) is 219 Å². The van der Waals surface area contributed by atoms with Crippen LogP contribution in [0.3, 0.4) is 0 Å². The maximum atomic E-state index is 15.7. The van der Waals surface area contributed by atoms with Gasteiger partial charge in [-0.2, -0.15) is 0 Å². The average Bonchev–Trinajstić information content (AvgIpc) is 3.94. The molecule has 5 heterocycles. The molecule has 0 radical (unpaired) electrons. The number of hydrogen-bond donors (Lipinski definition) is 3. The summed E-state index contributed by atoms with van der Waals surface area (Å²) in [6, 6.07) is 43.7. The zero-order valence-electron chi connectivity index (χ0n) is 24.9. The summed E-state index contributed by atoms with van der Waals surface area (Å²) in [7, 11) is -3.19. The Morgan fingerprint density at radius 1 is 0.543 bits per heavy atom. The number of nitrogens with one attached hydrogen (secondary N) is 3. The van der Waals surface area contributed by atoms with E-state index in [1.165, 1.54) is 0 Å². The van der Waals surface area contributed by atoms with Gasteiger partial charge in [-0.25, -0.2) is 0 Å². The van der Waals surface area contributed by atoms with E-state index in [1.807, 2.05) is 42.5 Å². The summed E-state index contributed by atoms with van der Waals surface area (Å²) in [6.45, 7) is 0. The first-order valence-electron chi connectivity index (χ1n) is 15.6. The molecule has 46 heavy (non-hydrogen) atoms. The second kappa shape index (κ2) is 10.5. The van der Waals surface area contributed by atoms with Gasteiger partial charge in [-0.15, -0.1) is 0 Å². The molecule has 3 aromatic heterocycles. The van der Waals surface area contributed by atoms with E-state index in [1.54, 1.807) is 0 Å². The van der Waals surface area contributed by atoms with Crippen LogP contribution >= 0.6 is 7.14 Å². The first-order chi connectivity index (χ1) is 22.7. The fraction of sp³-hybridized carbons (Fsp3) is 0.0244. The number of H-pyrrole nitrogens is 3. The lowest BCUT2D eigenvalue weighted by Crippen LogP contribution is -2.09. The van der Waals surface area contributed by atoms with Crippen molar-refractivity contribution in [2.75, 3.05) is 0 Å². The molecule has 3 aromatic carbocycles. The van der Waals surface area contributed by atoms with Crippen LogP contribution in [0.5, 0.6) is 0 Å². The van der Waals surface area contributed by atoms with Gasteiger partial charge in [-0.3, -0.25) is 0 Å². The maximum Gasteiger partial charge on any atom is 0.168 e. The normalized spacial score (nSPS) is 19.9. The van der Waals surface area contributed by atoms with E-state index >= 15 is 4.57 Å². The van der Waals surface area contributed by atoms with Crippen LogP contribution in [0.25, 0.3) is 12.2 Å². The average molecular weight is 612 g/mol. The predicted octanol–water partition coefficient (Wildman–Crippen LogP) is 9.22. The van der Waals surface area contributed by atoms with Crippen molar-refractivity contribution in [1.29, 1.82) is 0 Å². The Morgan fingerprint density at radius 2 is 1.04 bits per heavy atom. The van der Waals surface area contributed by atoms with Crippen molar-refractivity contribution in [3.8, 4) is 0 Å². The highest BCUT2D eigenvalue weighted by Gasteiger charge is 2.48. The summed E-state index contributed by atoms with van der Waals surface area (Å²) in [5.74, 6) is 2.09. The minimum Gasteiger partial charge on any atom is -0.341 e. The van der Waals surface area contributed by atoms with Crippen LogP contribution in [0.2, 0.25) is 0 Å². The molecule has 2 atom stereocenters. The number of hydrogen-bond acceptors (Lipinski definition) is 1. The molecule has 0 saturated carbocycles. The van der Waals surface area contributed by atoms with Crippen molar-refractivity contribution in [2.45, 2.75) is 0 Å². The summed E-state index contributed by atoms with van der Waals surface area (Å²) < 4.78 is 15.7. The summed E-state index contributed by atoms with van der Waals surface area (Å²) in [5.41, 5.74) is 9.14. The van der Waals surface area contributed by atoms with Crippen LogP contribution in [0.1, 0.15) is 45.3 Å². The molecule has 1 fully saturated rings. The summed E-state index contributed by atoms with van der Waals surface area (Å²) in [6.07, 6.45) is 10.6. The van der Waals surface area contributed by atoms with E-state index in [0.717, 1.165) is 78.6 Å². The third-order valence-electron chi connectivity index (χ3n) is 9.25. The minimum atomic E-state index is -3.19. The van der Waals surface area contributed by atoms with Gasteiger partial charge in [-0.1, -0.05) is 48.6 Å². The Bertz CT molecular complexity index is 2250. The molecular formula is C41H30N3OP+2. The zero-order valence-corrected chi connectivity index (χ0v) is 25.8. The van der Waals surface area contributed by atoms with Gasteiger partial charge in [0, 0.05) is 69.6 Å². The lowest BCUT2D eigenvalue weighted by atomic mass is 9.92. The second-order valence-corrected chi connectivity index (χ2v) is 14.7. The number of fused-ring (bicyclic) bond motifs is 11. The molecule has 1 saturated heterocycles. The van der Waals surface area contributed by atoms with E-state index in [-0.39, 0.29) is 5.92 Å². The molecule has 3 aliphatic rings. The first kappa shape index (κ1) is 26.8. The monoisotopic (exact) mass is 611 g/mol. The lowest BCUT2D eigenvalue weighted by Gasteiger charge is -2.18. The highest BCUT2D eigenvalue weighted by atomic mass is 31.2. The third-order valence-corrected chi connectivity index (χ3v) is 12.5. The summed E-state index contributed by atoms with van der Waals surface area (Å²) >= 11 is 0. The third kappa shape index (κ3) is 4.18. The molecule has 0 amide bonds. The van der Waals surface area contributed by atoms with Crippen LogP contribution in [0.15, 0.2) is 162 Å². The van der Waals surface area contributed by atoms with E-state index in [0.29, 0.717) is 0 Å². The SMILES string of the molecule is O=[P@@]1(c2ccccc2)C2=Cc3ccc([nH]3)[C+](c3ccccc3)c3ccc([nH]3)[C+](c3ccccc3)c3ccc([nH]3)C=C1C1C=CC=C21. The summed E-state index contributed by atoms with van der Waals surface area (Å²) in [4.78, 5) is 11.2. The largest absolute Gasteiger partial charge is 0.341 e. The topological polar surface area (TPSA) is 64.4 Å². The van der Waals surface area contributed by atoms with Crippen LogP contribution in [0, 0.1) is 17.8 Å². The number of allylic oxidation sites excluding steroid dienone is 6. The van der Waals surface area contributed by atoms with Crippen LogP contribution in [-0.4, -0.2) is 15.0 Å². The molecule has 5 heteroatoms. The quantitative estimate of drug-likeness (QED) is 0.136. The molecule has 6 aromatic rings. The van der Waals surface area contributed by atoms with Gasteiger partial charge in [0.25, 0.3) is 0 Å². The Hall–Kier alpha value is -5.57. The van der Waals surface area contributed by atoms with Gasteiger partial charge in [0.15, 0.2) is 7.14 Å². The molecule has 1 unspecified atom stereocenters. The Kier molecular flexibility index (Phi) is 6.12. The van der Waals surface area contributed by atoms with Gasteiger partial charge in [-0.05, 0) is 66.3 Å². The minimum absolute atomic E-state index is 0.0521.